The predicted molar refractivity (Wildman–Crippen MR) is 82.0 cm³/mol. The topological polar surface area (TPSA) is 84.8 Å². The predicted octanol–water partition coefficient (Wildman–Crippen LogP) is 2.81. The number of aryl methyl sites for hydroxylation is 2. The summed E-state index contributed by atoms with van der Waals surface area (Å²) in [6, 6.07) is 4.86. The fraction of sp³-hybridized carbons (Fsp3) is 0.182. The molecular formula is C11H10Br2N4O2S. The smallest absolute Gasteiger partial charge is 0.246 e. The molecular weight excluding hydrogens is 412 g/mol. The summed E-state index contributed by atoms with van der Waals surface area (Å²) in [6.07, 6.45) is 0. The monoisotopic (exact) mass is 420 g/mol. The van der Waals surface area contributed by atoms with Gasteiger partial charge in [0.05, 0.1) is 11.4 Å². The van der Waals surface area contributed by atoms with Crippen LogP contribution in [0.5, 0.6) is 0 Å². The van der Waals surface area contributed by atoms with Crippen molar-refractivity contribution in [2.24, 2.45) is 0 Å². The van der Waals surface area contributed by atoms with Crippen molar-refractivity contribution in [2.45, 2.75) is 18.7 Å². The summed E-state index contributed by atoms with van der Waals surface area (Å²) < 4.78 is 28.0. The third-order valence-corrected chi connectivity index (χ3v) is 5.32. The van der Waals surface area contributed by atoms with Crippen LogP contribution in [-0.2, 0) is 10.0 Å². The van der Waals surface area contributed by atoms with Crippen molar-refractivity contribution in [2.75, 3.05) is 4.72 Å². The van der Waals surface area contributed by atoms with E-state index in [1.165, 1.54) is 6.07 Å². The zero-order valence-corrected chi connectivity index (χ0v) is 14.5. The fourth-order valence-electron chi connectivity index (χ4n) is 1.36. The number of sulfonamides is 1. The molecule has 106 valence electrons. The first-order valence-electron chi connectivity index (χ1n) is 5.45. The van der Waals surface area contributed by atoms with Gasteiger partial charge in [-0.25, -0.2) is 18.1 Å². The van der Waals surface area contributed by atoms with Gasteiger partial charge in [-0.05, 0) is 48.0 Å². The normalized spacial score (nSPS) is 11.4. The summed E-state index contributed by atoms with van der Waals surface area (Å²) in [7, 11) is -3.79. The van der Waals surface area contributed by atoms with E-state index >= 15 is 0 Å². The van der Waals surface area contributed by atoms with Crippen LogP contribution in [0.15, 0.2) is 32.0 Å². The average Bonchev–Trinajstić information content (AvgIpc) is 2.36. The van der Waals surface area contributed by atoms with E-state index in [9.17, 15) is 8.42 Å². The highest BCUT2D eigenvalue weighted by Crippen LogP contribution is 2.26. The molecule has 0 amide bonds. The highest BCUT2D eigenvalue weighted by atomic mass is 79.9. The van der Waals surface area contributed by atoms with Gasteiger partial charge < -0.3 is 0 Å². The fourth-order valence-corrected chi connectivity index (χ4v) is 3.80. The van der Waals surface area contributed by atoms with E-state index in [0.29, 0.717) is 20.3 Å². The average molecular weight is 422 g/mol. The second kappa shape index (κ2) is 5.74. The van der Waals surface area contributed by atoms with Gasteiger partial charge in [-0.3, -0.25) is 0 Å². The number of hydrogen-bond acceptors (Lipinski definition) is 5. The number of aromatic nitrogens is 3. The number of benzene rings is 1. The Hall–Kier alpha value is -1.06. The molecule has 0 aliphatic carbocycles. The SMILES string of the molecule is Cc1nnc(NS(=O)(=O)c2cc(Br)ccc2Br)nc1C. The number of nitrogens with one attached hydrogen (secondary N) is 1. The van der Waals surface area contributed by atoms with Crippen LogP contribution in [-0.4, -0.2) is 23.6 Å². The van der Waals surface area contributed by atoms with Crippen LogP contribution in [0.1, 0.15) is 11.4 Å². The molecule has 0 atom stereocenters. The largest absolute Gasteiger partial charge is 0.265 e. The highest BCUT2D eigenvalue weighted by molar-refractivity contribution is 9.11. The lowest BCUT2D eigenvalue weighted by Crippen LogP contribution is -2.16. The third kappa shape index (κ3) is 3.33. The van der Waals surface area contributed by atoms with Gasteiger partial charge in [-0.1, -0.05) is 15.9 Å². The molecule has 1 aromatic carbocycles. The van der Waals surface area contributed by atoms with Crippen LogP contribution >= 0.6 is 31.9 Å². The van der Waals surface area contributed by atoms with Crippen molar-refractivity contribution in [3.8, 4) is 0 Å². The van der Waals surface area contributed by atoms with E-state index in [0.717, 1.165) is 0 Å². The van der Waals surface area contributed by atoms with Gasteiger partial charge in [-0.15, -0.1) is 5.10 Å². The highest BCUT2D eigenvalue weighted by Gasteiger charge is 2.20. The lowest BCUT2D eigenvalue weighted by molar-refractivity contribution is 0.600. The maximum atomic E-state index is 12.3. The molecule has 0 fully saturated rings. The van der Waals surface area contributed by atoms with Gasteiger partial charge in [0.2, 0.25) is 0 Å². The molecule has 1 N–H and O–H groups in total. The van der Waals surface area contributed by atoms with Gasteiger partial charge in [0.25, 0.3) is 16.0 Å². The van der Waals surface area contributed by atoms with Crippen molar-refractivity contribution >= 4 is 47.8 Å². The van der Waals surface area contributed by atoms with E-state index in [-0.39, 0.29) is 10.8 Å². The first kappa shape index (κ1) is 15.3. The molecule has 6 nitrogen and oxygen atoms in total. The first-order valence-corrected chi connectivity index (χ1v) is 8.52. The van der Waals surface area contributed by atoms with Crippen LogP contribution in [0, 0.1) is 13.8 Å². The van der Waals surface area contributed by atoms with Gasteiger partial charge in [0, 0.05) is 8.95 Å². The Morgan fingerprint density at radius 2 is 1.80 bits per heavy atom. The second-order valence-corrected chi connectivity index (χ2v) is 7.41. The van der Waals surface area contributed by atoms with Crippen molar-refractivity contribution in [3.63, 3.8) is 0 Å². The molecule has 1 aromatic heterocycles. The molecule has 0 aliphatic heterocycles. The van der Waals surface area contributed by atoms with E-state index in [1.807, 2.05) is 0 Å². The maximum absolute atomic E-state index is 12.3. The Morgan fingerprint density at radius 1 is 1.10 bits per heavy atom. The zero-order chi connectivity index (χ0) is 14.9. The van der Waals surface area contributed by atoms with Gasteiger partial charge >= 0.3 is 0 Å². The summed E-state index contributed by atoms with van der Waals surface area (Å²) >= 11 is 6.45. The molecule has 0 unspecified atom stereocenters. The molecule has 0 spiro atoms. The molecule has 2 aromatic rings. The summed E-state index contributed by atoms with van der Waals surface area (Å²) in [6.45, 7) is 3.48. The molecule has 1 heterocycles. The Morgan fingerprint density at radius 3 is 2.45 bits per heavy atom. The van der Waals surface area contributed by atoms with Crippen LogP contribution in [0.4, 0.5) is 5.95 Å². The quantitative estimate of drug-likeness (QED) is 0.823. The molecule has 2 rings (SSSR count). The molecule has 0 aliphatic rings. The number of halogens is 2. The van der Waals surface area contributed by atoms with E-state index in [4.69, 9.17) is 0 Å². The number of nitrogens with zero attached hydrogens (tertiary/aromatic N) is 3. The molecule has 20 heavy (non-hydrogen) atoms. The van der Waals surface area contributed by atoms with Gasteiger partial charge in [-0.2, -0.15) is 5.10 Å². The standard InChI is InChI=1S/C11H10Br2N4O2S/c1-6-7(2)15-16-11(14-6)17-20(18,19)10-5-8(12)3-4-9(10)13/h3-5H,1-2H3,(H,14,16,17). The van der Waals surface area contributed by atoms with Gasteiger partial charge in [0.1, 0.15) is 4.90 Å². The van der Waals surface area contributed by atoms with Crippen LogP contribution in [0.3, 0.4) is 0 Å². The van der Waals surface area contributed by atoms with E-state index in [2.05, 4.69) is 51.8 Å². The van der Waals surface area contributed by atoms with Crippen molar-refractivity contribution in [3.05, 3.63) is 38.5 Å². The lowest BCUT2D eigenvalue weighted by Gasteiger charge is -2.09. The minimum atomic E-state index is -3.79. The van der Waals surface area contributed by atoms with Crippen molar-refractivity contribution in [1.82, 2.24) is 15.2 Å². The Kier molecular flexibility index (Phi) is 4.40. The molecule has 9 heteroatoms. The summed E-state index contributed by atoms with van der Waals surface area (Å²) in [4.78, 5) is 4.14. The van der Waals surface area contributed by atoms with E-state index < -0.39 is 10.0 Å². The minimum Gasteiger partial charge on any atom is -0.246 e. The zero-order valence-electron chi connectivity index (χ0n) is 10.6. The first-order chi connectivity index (χ1) is 9.29. The Labute approximate surface area is 133 Å². The van der Waals surface area contributed by atoms with Crippen LogP contribution in [0.2, 0.25) is 0 Å². The van der Waals surface area contributed by atoms with Crippen molar-refractivity contribution < 1.29 is 8.42 Å². The Balaban J connectivity index is 2.40. The number of rotatable bonds is 3. The summed E-state index contributed by atoms with van der Waals surface area (Å²) in [5.74, 6) is -0.0556. The summed E-state index contributed by atoms with van der Waals surface area (Å²) in [5.41, 5.74) is 1.27. The van der Waals surface area contributed by atoms with Crippen molar-refractivity contribution in [1.29, 1.82) is 0 Å². The molecule has 0 bridgehead atoms. The molecule has 0 saturated carbocycles. The molecule has 0 radical (unpaired) electrons. The van der Waals surface area contributed by atoms with E-state index in [1.54, 1.807) is 26.0 Å². The van der Waals surface area contributed by atoms with Crippen LogP contribution in [0.25, 0.3) is 0 Å². The second-order valence-electron chi connectivity index (χ2n) is 3.99. The minimum absolute atomic E-state index is 0.0556. The third-order valence-electron chi connectivity index (χ3n) is 2.50. The maximum Gasteiger partial charge on any atom is 0.265 e. The van der Waals surface area contributed by atoms with Gasteiger partial charge in [0.15, 0.2) is 0 Å². The number of hydrogen-bond donors (Lipinski definition) is 1. The lowest BCUT2D eigenvalue weighted by atomic mass is 10.4. The Bertz CT molecular complexity index is 765. The number of anilines is 1. The van der Waals surface area contributed by atoms with Crippen LogP contribution < -0.4 is 4.72 Å². The summed E-state index contributed by atoms with van der Waals surface area (Å²) in [5, 5.41) is 7.56. The molecule has 0 saturated heterocycles.